The number of likely N-dealkylation sites (N-methyl/N-ethyl adjacent to an activating group) is 1. The van der Waals surface area contributed by atoms with Crippen molar-refractivity contribution in [2.45, 2.75) is 19.1 Å². The number of aliphatic hydroxyl groups is 1. The molecule has 0 aliphatic carbocycles. The predicted octanol–water partition coefficient (Wildman–Crippen LogP) is 0.478. The average Bonchev–Trinajstić information content (AvgIpc) is 2.73. The van der Waals surface area contributed by atoms with Gasteiger partial charge in [0.05, 0.1) is 27.6 Å². The Morgan fingerprint density at radius 2 is 2.00 bits per heavy atom. The maximum atomic E-state index is 11.9. The molecule has 0 bridgehead atoms. The van der Waals surface area contributed by atoms with E-state index in [1.807, 2.05) is 21.1 Å². The number of furan rings is 1. The average molecular weight is 286 g/mol. The van der Waals surface area contributed by atoms with Gasteiger partial charge in [-0.15, -0.1) is 0 Å². The molecule has 0 saturated carbocycles. The zero-order valence-electron chi connectivity index (χ0n) is 11.8. The summed E-state index contributed by atoms with van der Waals surface area (Å²) in [6.07, 6.45) is -1.02. The van der Waals surface area contributed by atoms with E-state index in [0.717, 1.165) is 0 Å². The van der Waals surface area contributed by atoms with Crippen LogP contribution in [0.2, 0.25) is 0 Å². The van der Waals surface area contributed by atoms with E-state index in [0.29, 0.717) is 11.0 Å². The molecule has 20 heavy (non-hydrogen) atoms. The number of aliphatic hydroxyl groups excluding tert-OH is 1. The molecule has 0 saturated heterocycles. The van der Waals surface area contributed by atoms with Crippen molar-refractivity contribution in [3.63, 3.8) is 0 Å². The zero-order valence-corrected chi connectivity index (χ0v) is 11.8. The molecule has 0 aliphatic heterocycles. The van der Waals surface area contributed by atoms with Gasteiger partial charge >= 0.3 is 11.9 Å². The van der Waals surface area contributed by atoms with Gasteiger partial charge in [0, 0.05) is 0 Å². The molecule has 1 unspecified atom stereocenters. The monoisotopic (exact) mass is 286 g/mol. The first kappa shape index (κ1) is 16.2. The van der Waals surface area contributed by atoms with Crippen molar-refractivity contribution in [1.82, 2.24) is 0 Å². The van der Waals surface area contributed by atoms with Crippen LogP contribution in [0.4, 0.5) is 0 Å². The predicted molar refractivity (Wildman–Crippen MR) is 69.0 cm³/mol. The van der Waals surface area contributed by atoms with Gasteiger partial charge in [0.1, 0.15) is 18.9 Å². The topological polar surface area (TPSA) is 97.0 Å². The number of carbonyl (C=O) groups excluding carboxylic acids is 1. The minimum absolute atomic E-state index is 0.0501. The quantitative estimate of drug-likeness (QED) is 0.559. The summed E-state index contributed by atoms with van der Waals surface area (Å²) in [5, 5.41) is 17.7. The lowest BCUT2D eigenvalue weighted by molar-refractivity contribution is -0.873. The summed E-state index contributed by atoms with van der Waals surface area (Å²) in [6, 6.07) is 2.85. The number of carbonyl (C=O) groups is 2. The van der Waals surface area contributed by atoms with Crippen LogP contribution < -0.4 is 0 Å². The van der Waals surface area contributed by atoms with Crippen molar-refractivity contribution in [1.29, 1.82) is 0 Å². The van der Waals surface area contributed by atoms with E-state index in [-0.39, 0.29) is 24.5 Å². The first-order valence-corrected chi connectivity index (χ1v) is 6.14. The second kappa shape index (κ2) is 6.53. The maximum Gasteiger partial charge on any atom is 0.374 e. The molecule has 112 valence electrons. The lowest BCUT2D eigenvalue weighted by Crippen LogP contribution is -2.43. The van der Waals surface area contributed by atoms with Crippen LogP contribution in [0.1, 0.15) is 22.7 Å². The Morgan fingerprint density at radius 3 is 2.45 bits per heavy atom. The van der Waals surface area contributed by atoms with E-state index >= 15 is 0 Å². The van der Waals surface area contributed by atoms with E-state index in [2.05, 4.69) is 0 Å². The Hall–Kier alpha value is -1.86. The molecule has 0 aromatic carbocycles. The van der Waals surface area contributed by atoms with Crippen molar-refractivity contribution in [3.05, 3.63) is 23.7 Å². The Bertz CT molecular complexity index is 473. The number of hydrogen-bond donors (Lipinski definition) is 2. The molecule has 0 radical (unpaired) electrons. The summed E-state index contributed by atoms with van der Waals surface area (Å²) in [6.45, 7) is 0.0519. The van der Waals surface area contributed by atoms with Gasteiger partial charge in [-0.05, 0) is 12.1 Å². The van der Waals surface area contributed by atoms with Crippen LogP contribution in [0.25, 0.3) is 0 Å². The van der Waals surface area contributed by atoms with Gasteiger partial charge in [0.15, 0.2) is 6.10 Å². The van der Waals surface area contributed by atoms with Crippen molar-refractivity contribution in [2.24, 2.45) is 0 Å². The van der Waals surface area contributed by atoms with Crippen molar-refractivity contribution in [3.8, 4) is 0 Å². The summed E-state index contributed by atoms with van der Waals surface area (Å²) in [7, 11) is 5.62. The fraction of sp³-hybridized carbons (Fsp3) is 0.538. The molecule has 7 heteroatoms. The fourth-order valence-electron chi connectivity index (χ4n) is 1.73. The van der Waals surface area contributed by atoms with Gasteiger partial charge in [0.2, 0.25) is 5.76 Å². The van der Waals surface area contributed by atoms with Gasteiger partial charge in [-0.2, -0.15) is 0 Å². The summed E-state index contributed by atoms with van der Waals surface area (Å²) >= 11 is 0. The Labute approximate surface area is 117 Å². The van der Waals surface area contributed by atoms with Gasteiger partial charge in [-0.25, -0.2) is 4.79 Å². The first-order valence-electron chi connectivity index (χ1n) is 6.14. The number of hydrogen-bond acceptors (Lipinski definition) is 5. The number of rotatable bonds is 7. The van der Waals surface area contributed by atoms with E-state index in [4.69, 9.17) is 19.4 Å². The minimum atomic E-state index is -1.04. The minimum Gasteiger partial charge on any atom is -0.481 e. The van der Waals surface area contributed by atoms with Gasteiger partial charge < -0.3 is 23.9 Å². The number of carboxylic acid groups (broad SMARTS) is 1. The highest BCUT2D eigenvalue weighted by Crippen LogP contribution is 2.13. The third-order valence-electron chi connectivity index (χ3n) is 2.45. The third-order valence-corrected chi connectivity index (χ3v) is 2.45. The highest BCUT2D eigenvalue weighted by molar-refractivity contribution is 5.86. The molecule has 1 heterocycles. The summed E-state index contributed by atoms with van der Waals surface area (Å²) in [5.41, 5.74) is 0. The van der Waals surface area contributed by atoms with Crippen LogP contribution in [0.3, 0.4) is 0 Å². The molecule has 0 amide bonds. The summed E-state index contributed by atoms with van der Waals surface area (Å²) in [5.74, 6) is -1.57. The smallest absolute Gasteiger partial charge is 0.374 e. The zero-order chi connectivity index (χ0) is 15.3. The Morgan fingerprint density at radius 1 is 1.35 bits per heavy atom. The molecule has 1 atom stereocenters. The fourth-order valence-corrected chi connectivity index (χ4v) is 1.73. The maximum absolute atomic E-state index is 11.9. The largest absolute Gasteiger partial charge is 0.481 e. The number of carboxylic acids is 1. The molecule has 1 aromatic rings. The van der Waals surface area contributed by atoms with E-state index in [9.17, 15) is 9.59 Å². The number of ether oxygens (including phenoxy) is 1. The number of nitrogens with zero attached hydrogens (tertiary/aromatic N) is 1. The lowest BCUT2D eigenvalue weighted by Gasteiger charge is -2.28. The van der Waals surface area contributed by atoms with Crippen LogP contribution in [-0.2, 0) is 16.1 Å². The van der Waals surface area contributed by atoms with Crippen LogP contribution >= 0.6 is 0 Å². The highest BCUT2D eigenvalue weighted by atomic mass is 16.6. The Kier molecular flexibility index (Phi) is 5.29. The van der Waals surface area contributed by atoms with Gasteiger partial charge in [-0.1, -0.05) is 0 Å². The normalized spacial score (nSPS) is 13.0. The standard InChI is InChI=1S/C13H19NO6/c1-14(2,3)7-10(6-12(16)17)20-13(18)11-5-4-9(8-15)19-11/h4-5,10,15H,6-8H2,1-3H3/p+1. The highest BCUT2D eigenvalue weighted by Gasteiger charge is 2.26. The number of quaternary nitrogens is 1. The first-order chi connectivity index (χ1) is 9.21. The molecule has 1 aromatic heterocycles. The van der Waals surface area contributed by atoms with E-state index in [1.54, 1.807) is 0 Å². The number of aliphatic carboxylic acids is 1. The Balaban J connectivity index is 2.72. The second-order valence-corrected chi connectivity index (χ2v) is 5.52. The van der Waals surface area contributed by atoms with Crippen LogP contribution in [-0.4, -0.2) is 60.4 Å². The van der Waals surface area contributed by atoms with Crippen molar-refractivity contribution >= 4 is 11.9 Å². The second-order valence-electron chi connectivity index (χ2n) is 5.52. The molecule has 0 aliphatic rings. The van der Waals surface area contributed by atoms with Crippen molar-refractivity contribution < 1.29 is 33.4 Å². The van der Waals surface area contributed by atoms with Crippen LogP contribution in [0.15, 0.2) is 16.5 Å². The third kappa shape index (κ3) is 5.41. The molecule has 0 fully saturated rings. The van der Waals surface area contributed by atoms with Crippen molar-refractivity contribution in [2.75, 3.05) is 27.7 Å². The lowest BCUT2D eigenvalue weighted by atomic mass is 10.2. The SMILES string of the molecule is C[N+](C)(C)CC(CC(=O)O)OC(=O)c1ccc(CO)o1. The van der Waals surface area contributed by atoms with E-state index in [1.165, 1.54) is 12.1 Å². The molecule has 7 nitrogen and oxygen atoms in total. The molecule has 2 N–H and O–H groups in total. The van der Waals surface area contributed by atoms with Gasteiger partial charge in [0.25, 0.3) is 0 Å². The summed E-state index contributed by atoms with van der Waals surface area (Å²) < 4.78 is 10.7. The van der Waals surface area contributed by atoms with Gasteiger partial charge in [-0.3, -0.25) is 4.79 Å². The van der Waals surface area contributed by atoms with E-state index < -0.39 is 18.0 Å². The van der Waals surface area contributed by atoms with Crippen LogP contribution in [0.5, 0.6) is 0 Å². The van der Waals surface area contributed by atoms with Crippen LogP contribution in [0, 0.1) is 0 Å². The summed E-state index contributed by atoms with van der Waals surface area (Å²) in [4.78, 5) is 22.7. The molecule has 1 rings (SSSR count). The molecular formula is C13H20NO6+. The number of esters is 1. The molecule has 0 spiro atoms. The molecular weight excluding hydrogens is 266 g/mol.